The Morgan fingerprint density at radius 2 is 0.840 bits per heavy atom. The molecule has 17 heteroatoms. The molecular weight excluding hydrogens is 1220 g/mol. The fourth-order valence-electron chi connectivity index (χ4n) is 12.7. The van der Waals surface area contributed by atoms with E-state index in [9.17, 15) is 38.7 Å². The second-order valence-corrected chi connectivity index (χ2v) is 29.8. The highest BCUT2D eigenvalue weighted by atomic mass is 31.2. The Hall–Kier alpha value is -9.75. The summed E-state index contributed by atoms with van der Waals surface area (Å²) >= 11 is 0. The van der Waals surface area contributed by atoms with E-state index < -0.39 is 61.6 Å². The largest absolute Gasteiger partial charge is 0.457 e. The maximum Gasteiger partial charge on any atom is 0.356 e. The number of urea groups is 1. The topological polar surface area (TPSA) is 215 Å². The smallest absolute Gasteiger partial charge is 0.356 e. The number of nitrogens with zero attached hydrogens (tertiary/aromatic N) is 2. The number of Topliss-reactive ketones (excluding diaryl/α,β-unsaturated/α-hetero) is 2. The van der Waals surface area contributed by atoms with Crippen LogP contribution in [0.4, 0.5) is 4.79 Å². The predicted molar refractivity (Wildman–Crippen MR) is 377 cm³/mol. The number of nitrogens with two attached hydrogens (primary N) is 1. The van der Waals surface area contributed by atoms with E-state index in [1.54, 1.807) is 41.3 Å². The van der Waals surface area contributed by atoms with Crippen LogP contribution in [-0.2, 0) is 41.7 Å². The zero-order valence-corrected chi connectivity index (χ0v) is 55.0. The van der Waals surface area contributed by atoms with E-state index >= 15 is 0 Å². The SMILES string of the molecule is C=CCOC(=O)C(N1C(=O)[C@H](C(C)C)[C@H]1CC(=O)c1cccc(CNC(=O)NC)c1)=P(c1ccccc1)(c1ccccc1)c1ccccc1.C=CCOC(=O)C(N1C(=O)[C@H]([C@@H](C)O)[C@H]1CC(=O)c1cccc(CN)c1)=P(c1ccccc1)(c1ccccc1)c1ccccc1. The Bertz CT molecular complexity index is 3940. The minimum atomic E-state index is -3.14. The number of ether oxygens (including phenoxy) is 2. The number of amides is 4. The molecule has 8 aromatic carbocycles. The summed E-state index contributed by atoms with van der Waals surface area (Å²) in [5.41, 5.74) is 8.70. The third kappa shape index (κ3) is 14.2. The van der Waals surface area contributed by atoms with Gasteiger partial charge in [-0.3, -0.25) is 19.2 Å². The van der Waals surface area contributed by atoms with Gasteiger partial charge in [0, 0.05) is 57.9 Å². The summed E-state index contributed by atoms with van der Waals surface area (Å²) in [6, 6.07) is 70.7. The second-order valence-electron chi connectivity index (χ2n) is 23.2. The maximum absolute atomic E-state index is 14.6. The average molecular weight is 1300 g/mol. The van der Waals surface area contributed by atoms with Gasteiger partial charge in [-0.15, -0.1) is 0 Å². The second kappa shape index (κ2) is 31.7. The lowest BCUT2D eigenvalue weighted by molar-refractivity contribution is -0.157. The quantitative estimate of drug-likeness (QED) is 0.0140. The molecule has 2 heterocycles. The van der Waals surface area contributed by atoms with E-state index in [1.165, 1.54) is 31.0 Å². The molecule has 5 atom stereocenters. The minimum Gasteiger partial charge on any atom is -0.457 e. The first-order valence-corrected chi connectivity index (χ1v) is 34.8. The molecule has 10 rings (SSSR count). The summed E-state index contributed by atoms with van der Waals surface area (Å²) in [6.07, 6.45) is 1.82. The molecule has 2 aliphatic rings. The van der Waals surface area contributed by atoms with Crippen LogP contribution in [0.25, 0.3) is 0 Å². The number of benzene rings is 8. The van der Waals surface area contributed by atoms with E-state index in [0.29, 0.717) is 11.1 Å². The van der Waals surface area contributed by atoms with E-state index in [0.717, 1.165) is 43.0 Å². The monoisotopic (exact) mass is 1300 g/mol. The molecule has 0 radical (unpaired) electrons. The number of aliphatic hydroxyl groups is 1. The Morgan fingerprint density at radius 1 is 0.511 bits per heavy atom. The summed E-state index contributed by atoms with van der Waals surface area (Å²) < 4.78 is 11.6. The van der Waals surface area contributed by atoms with Crippen molar-refractivity contribution < 1.29 is 48.1 Å². The Balaban J connectivity index is 0.000000222. The van der Waals surface area contributed by atoms with Crippen LogP contribution in [0.15, 0.2) is 256 Å². The fourth-order valence-corrected chi connectivity index (χ4v) is 21.5. The van der Waals surface area contributed by atoms with Gasteiger partial charge in [0.15, 0.2) is 11.6 Å². The molecular formula is C77H79N5O10P2. The van der Waals surface area contributed by atoms with Crippen molar-refractivity contribution in [3.63, 3.8) is 0 Å². The van der Waals surface area contributed by atoms with Gasteiger partial charge in [-0.25, -0.2) is 14.4 Å². The highest BCUT2D eigenvalue weighted by Crippen LogP contribution is 2.52. The van der Waals surface area contributed by atoms with E-state index in [2.05, 4.69) is 23.8 Å². The van der Waals surface area contributed by atoms with Crippen molar-refractivity contribution >= 4 is 97.8 Å². The molecule has 5 N–H and O–H groups in total. The highest BCUT2D eigenvalue weighted by Gasteiger charge is 2.57. The minimum absolute atomic E-state index is 0.00246. The van der Waals surface area contributed by atoms with Gasteiger partial charge in [0.2, 0.25) is 11.8 Å². The number of esters is 2. The lowest BCUT2D eigenvalue weighted by Gasteiger charge is -2.51. The molecule has 4 amide bonds. The van der Waals surface area contributed by atoms with E-state index in [4.69, 9.17) is 15.2 Å². The van der Waals surface area contributed by atoms with E-state index in [1.807, 2.05) is 208 Å². The molecule has 94 heavy (non-hydrogen) atoms. The number of carbonyl (C=O) groups is 7. The zero-order chi connectivity index (χ0) is 66.9. The van der Waals surface area contributed by atoms with Crippen molar-refractivity contribution in [1.29, 1.82) is 0 Å². The van der Waals surface area contributed by atoms with E-state index in [-0.39, 0.29) is 79.4 Å². The number of hydrogen-bond donors (Lipinski definition) is 4. The summed E-state index contributed by atoms with van der Waals surface area (Å²) in [5, 5.41) is 21.2. The average Bonchev–Trinajstić information content (AvgIpc) is 0.711. The molecule has 0 aliphatic carbocycles. The molecule has 0 spiro atoms. The normalized spacial score (nSPS) is 16.2. The summed E-state index contributed by atoms with van der Waals surface area (Å²) in [6.45, 7) is 7.10. The van der Waals surface area contributed by atoms with Crippen molar-refractivity contribution in [2.24, 2.45) is 23.5 Å². The Labute approximate surface area is 550 Å². The number of β-lactam (4-membered cyclic amide) rings is 2. The zero-order valence-electron chi connectivity index (χ0n) is 53.2. The summed E-state index contributed by atoms with van der Waals surface area (Å²) in [7, 11) is 1.54. The van der Waals surface area contributed by atoms with Gasteiger partial charge in [-0.1, -0.05) is 258 Å². The third-order valence-corrected chi connectivity index (χ3v) is 25.5. The van der Waals surface area contributed by atoms with Crippen molar-refractivity contribution in [2.75, 3.05) is 20.3 Å². The number of hydrogen-bond acceptors (Lipinski definition) is 11. The molecule has 8 aromatic rings. The third-order valence-electron chi connectivity index (χ3n) is 17.0. The van der Waals surface area contributed by atoms with Gasteiger partial charge in [-0.05, 0) is 67.9 Å². The molecule has 2 aliphatic heterocycles. The first-order chi connectivity index (χ1) is 45.6. The molecule has 2 saturated heterocycles. The van der Waals surface area contributed by atoms with Crippen molar-refractivity contribution in [2.45, 2.75) is 64.9 Å². The van der Waals surface area contributed by atoms with Crippen LogP contribution >= 0.6 is 13.8 Å². The predicted octanol–water partition coefficient (Wildman–Crippen LogP) is 8.80. The maximum atomic E-state index is 14.6. The van der Waals surface area contributed by atoms with Crippen molar-refractivity contribution in [3.05, 3.63) is 278 Å². The Morgan fingerprint density at radius 3 is 1.16 bits per heavy atom. The standard InChI is InChI=1S/C40H42N3O5P.C37H37N2O5P/c1-5-24-48-39(46)38(49(31-18-9-6-10-19-31,32-20-11-7-12-21-32)33-22-13-8-14-23-33)43-34(36(28(2)3)37(43)45)26-35(44)30-17-15-16-29(25-30)27-42-40(47)41-4;1-3-22-44-37(43)36(39-32(34(26(2)40)35(39)42)24-33(41)28-15-13-14-27(23-28)25-38)45(29-16-7-4-8-17-29,30-18-9-5-10-19-30)31-20-11-6-12-21-31/h5-23,25,28,34,36H,1,24,26-27H2,2-4H3,(H2,41,42,47);3-21,23,26,32,34,40H,1,22,24-25,38H2,2H3/t34-,36-;26-,32-,34-/m11/s1. The molecule has 2 fully saturated rings. The van der Waals surface area contributed by atoms with Crippen LogP contribution in [0.5, 0.6) is 0 Å². The fraction of sp³-hybridized carbons (Fsp3) is 0.208. The van der Waals surface area contributed by atoms with Crippen LogP contribution in [0.3, 0.4) is 0 Å². The first kappa shape index (κ1) is 68.6. The van der Waals surface area contributed by atoms with Gasteiger partial charge in [-0.2, -0.15) is 0 Å². The number of aliphatic hydroxyl groups excluding tert-OH is 1. The van der Waals surface area contributed by atoms with Crippen LogP contribution < -0.4 is 48.2 Å². The molecule has 0 saturated carbocycles. The van der Waals surface area contributed by atoms with Gasteiger partial charge in [0.1, 0.15) is 24.0 Å². The van der Waals surface area contributed by atoms with Crippen LogP contribution in [-0.4, -0.2) is 106 Å². The number of likely N-dealkylation sites (tertiary alicyclic amines) is 2. The summed E-state index contributed by atoms with van der Waals surface area (Å²) in [5.74, 6) is -3.82. The van der Waals surface area contributed by atoms with Gasteiger partial charge in [0.25, 0.3) is 0 Å². The van der Waals surface area contributed by atoms with Gasteiger partial charge >= 0.3 is 18.0 Å². The lowest BCUT2D eigenvalue weighted by atomic mass is 9.76. The Kier molecular flexibility index (Phi) is 23.2. The number of nitrogens with one attached hydrogen (secondary N) is 2. The van der Waals surface area contributed by atoms with Gasteiger partial charge < -0.3 is 40.7 Å². The van der Waals surface area contributed by atoms with Crippen molar-refractivity contribution in [1.82, 2.24) is 20.4 Å². The molecule has 482 valence electrons. The summed E-state index contributed by atoms with van der Waals surface area (Å²) in [4.78, 5) is 100. The van der Waals surface area contributed by atoms with Crippen molar-refractivity contribution in [3.8, 4) is 0 Å². The van der Waals surface area contributed by atoms with Crippen LogP contribution in [0.2, 0.25) is 0 Å². The first-order valence-electron chi connectivity index (χ1n) is 31.2. The number of ketones is 2. The molecule has 0 bridgehead atoms. The number of rotatable bonds is 25. The van der Waals surface area contributed by atoms with Crippen LogP contribution in [0.1, 0.15) is 65.5 Å². The molecule has 0 unspecified atom stereocenters. The number of carbonyl (C=O) groups excluding carboxylic acids is 7. The highest BCUT2D eigenvalue weighted by molar-refractivity contribution is 7.97. The lowest BCUT2D eigenvalue weighted by Crippen LogP contribution is -2.68. The molecule has 15 nitrogen and oxygen atoms in total. The molecule has 0 aromatic heterocycles. The van der Waals surface area contributed by atoms with Gasteiger partial charge in [0.05, 0.1) is 30.0 Å². The van der Waals surface area contributed by atoms with Crippen LogP contribution in [0, 0.1) is 17.8 Å².